The smallest absolute Gasteiger partial charge is 0.123 e. The van der Waals surface area contributed by atoms with Gasteiger partial charge in [-0.25, -0.2) is 4.39 Å². The first kappa shape index (κ1) is 12.1. The first-order chi connectivity index (χ1) is 7.18. The number of rotatable bonds is 6. The average Bonchev–Trinajstić information content (AvgIpc) is 2.20. The number of nitrogens with one attached hydrogen (secondary N) is 1. The minimum absolute atomic E-state index is 0.177. The zero-order valence-electron chi connectivity index (χ0n) is 9.17. The first-order valence-electron chi connectivity index (χ1n) is 5.39. The number of nitrogens with two attached hydrogens (primary N) is 1. The second kappa shape index (κ2) is 6.53. The summed E-state index contributed by atoms with van der Waals surface area (Å²) in [5, 5.41) is 3.31. The normalized spacial score (nSPS) is 12.7. The minimum Gasteiger partial charge on any atom is -0.328 e. The summed E-state index contributed by atoms with van der Waals surface area (Å²) < 4.78 is 12.6. The second-order valence-corrected chi connectivity index (χ2v) is 3.89. The molecule has 1 unspecified atom stereocenters. The Balaban J connectivity index is 2.12. The third-order valence-electron chi connectivity index (χ3n) is 2.28. The molecule has 2 nitrogen and oxygen atoms in total. The van der Waals surface area contributed by atoms with Crippen molar-refractivity contribution in [2.75, 3.05) is 13.1 Å². The Kier molecular flexibility index (Phi) is 5.29. The van der Waals surface area contributed by atoms with Crippen LogP contribution in [-0.2, 0) is 6.42 Å². The molecule has 0 bridgehead atoms. The van der Waals surface area contributed by atoms with Crippen LogP contribution in [0.2, 0.25) is 0 Å². The quantitative estimate of drug-likeness (QED) is 0.701. The zero-order chi connectivity index (χ0) is 11.1. The van der Waals surface area contributed by atoms with Crippen molar-refractivity contribution in [2.24, 2.45) is 5.73 Å². The second-order valence-electron chi connectivity index (χ2n) is 3.89. The van der Waals surface area contributed by atoms with Gasteiger partial charge < -0.3 is 11.1 Å². The van der Waals surface area contributed by atoms with Gasteiger partial charge in [0.25, 0.3) is 0 Å². The Bertz CT molecular complexity index is 269. The monoisotopic (exact) mass is 210 g/mol. The molecule has 3 N–H and O–H groups in total. The standard InChI is InChI=1S/C12H19FN2/c1-10(14)6-8-15-9-7-11-2-4-12(13)5-3-11/h2-5,10,15H,6-9,14H2,1H3. The van der Waals surface area contributed by atoms with Gasteiger partial charge in [-0.1, -0.05) is 12.1 Å². The fraction of sp³-hybridized carbons (Fsp3) is 0.500. The topological polar surface area (TPSA) is 38.0 Å². The van der Waals surface area contributed by atoms with Gasteiger partial charge in [-0.2, -0.15) is 0 Å². The van der Waals surface area contributed by atoms with E-state index in [1.165, 1.54) is 12.1 Å². The number of benzene rings is 1. The lowest BCUT2D eigenvalue weighted by Crippen LogP contribution is -2.25. The van der Waals surface area contributed by atoms with Crippen LogP contribution < -0.4 is 11.1 Å². The summed E-state index contributed by atoms with van der Waals surface area (Å²) in [4.78, 5) is 0. The third kappa shape index (κ3) is 5.50. The highest BCUT2D eigenvalue weighted by Gasteiger charge is 1.95. The molecular formula is C12H19FN2. The summed E-state index contributed by atoms with van der Waals surface area (Å²) in [5.41, 5.74) is 6.78. The van der Waals surface area contributed by atoms with Crippen molar-refractivity contribution in [2.45, 2.75) is 25.8 Å². The van der Waals surface area contributed by atoms with Crippen LogP contribution >= 0.6 is 0 Å². The van der Waals surface area contributed by atoms with Gasteiger partial charge in [0, 0.05) is 6.04 Å². The van der Waals surface area contributed by atoms with E-state index in [1.807, 2.05) is 19.1 Å². The lowest BCUT2D eigenvalue weighted by molar-refractivity contribution is 0.589. The van der Waals surface area contributed by atoms with Gasteiger partial charge in [-0.05, 0) is 50.6 Å². The Morgan fingerprint density at radius 1 is 1.27 bits per heavy atom. The van der Waals surface area contributed by atoms with E-state index in [0.717, 1.165) is 31.5 Å². The molecule has 1 aromatic rings. The maximum atomic E-state index is 12.6. The summed E-state index contributed by atoms with van der Waals surface area (Å²) in [6.07, 6.45) is 1.92. The number of hydrogen-bond donors (Lipinski definition) is 2. The Hall–Kier alpha value is -0.930. The van der Waals surface area contributed by atoms with E-state index in [2.05, 4.69) is 5.32 Å². The molecule has 0 aliphatic heterocycles. The van der Waals surface area contributed by atoms with Crippen LogP contribution in [0.25, 0.3) is 0 Å². The first-order valence-corrected chi connectivity index (χ1v) is 5.39. The molecule has 0 radical (unpaired) electrons. The van der Waals surface area contributed by atoms with Crippen LogP contribution in [0.4, 0.5) is 4.39 Å². The molecule has 0 fully saturated rings. The highest BCUT2D eigenvalue weighted by atomic mass is 19.1. The van der Waals surface area contributed by atoms with E-state index in [9.17, 15) is 4.39 Å². The van der Waals surface area contributed by atoms with Crippen LogP contribution in [-0.4, -0.2) is 19.1 Å². The SMILES string of the molecule is CC(N)CCNCCc1ccc(F)cc1. The highest BCUT2D eigenvalue weighted by molar-refractivity contribution is 5.16. The van der Waals surface area contributed by atoms with E-state index < -0.39 is 0 Å². The molecule has 1 rings (SSSR count). The van der Waals surface area contributed by atoms with Crippen LogP contribution in [0.3, 0.4) is 0 Å². The van der Waals surface area contributed by atoms with Crippen LogP contribution in [0, 0.1) is 5.82 Å². The van der Waals surface area contributed by atoms with Crippen molar-refractivity contribution in [3.8, 4) is 0 Å². The molecular weight excluding hydrogens is 191 g/mol. The predicted octanol–water partition coefficient (Wildman–Crippen LogP) is 1.70. The van der Waals surface area contributed by atoms with Crippen LogP contribution in [0.5, 0.6) is 0 Å². The summed E-state index contributed by atoms with van der Waals surface area (Å²) in [7, 11) is 0. The molecule has 0 heterocycles. The largest absolute Gasteiger partial charge is 0.328 e. The van der Waals surface area contributed by atoms with Crippen molar-refractivity contribution >= 4 is 0 Å². The predicted molar refractivity (Wildman–Crippen MR) is 61.2 cm³/mol. The summed E-state index contributed by atoms with van der Waals surface area (Å²) in [6.45, 7) is 3.86. The Morgan fingerprint density at radius 3 is 2.53 bits per heavy atom. The lowest BCUT2D eigenvalue weighted by Gasteiger charge is -2.06. The molecule has 3 heteroatoms. The molecule has 0 spiro atoms. The van der Waals surface area contributed by atoms with Crippen LogP contribution in [0.1, 0.15) is 18.9 Å². The molecule has 84 valence electrons. The molecule has 1 aromatic carbocycles. The van der Waals surface area contributed by atoms with E-state index >= 15 is 0 Å². The van der Waals surface area contributed by atoms with Gasteiger partial charge in [-0.15, -0.1) is 0 Å². The number of halogens is 1. The van der Waals surface area contributed by atoms with E-state index in [4.69, 9.17) is 5.73 Å². The van der Waals surface area contributed by atoms with Gasteiger partial charge in [0.1, 0.15) is 5.82 Å². The third-order valence-corrected chi connectivity index (χ3v) is 2.28. The summed E-state index contributed by atoms with van der Waals surface area (Å²) >= 11 is 0. The molecule has 0 saturated carbocycles. The summed E-state index contributed by atoms with van der Waals surface area (Å²) in [5.74, 6) is -0.177. The van der Waals surface area contributed by atoms with Crippen LogP contribution in [0.15, 0.2) is 24.3 Å². The Morgan fingerprint density at radius 2 is 1.93 bits per heavy atom. The van der Waals surface area contributed by atoms with Crippen molar-refractivity contribution in [3.05, 3.63) is 35.6 Å². The zero-order valence-corrected chi connectivity index (χ0v) is 9.17. The van der Waals surface area contributed by atoms with E-state index in [-0.39, 0.29) is 11.9 Å². The fourth-order valence-electron chi connectivity index (χ4n) is 1.34. The van der Waals surface area contributed by atoms with Gasteiger partial charge in [0.05, 0.1) is 0 Å². The minimum atomic E-state index is -0.177. The van der Waals surface area contributed by atoms with Gasteiger partial charge in [-0.3, -0.25) is 0 Å². The van der Waals surface area contributed by atoms with Crippen molar-refractivity contribution < 1.29 is 4.39 Å². The highest BCUT2D eigenvalue weighted by Crippen LogP contribution is 2.02. The summed E-state index contributed by atoms with van der Waals surface area (Å²) in [6, 6.07) is 6.89. The van der Waals surface area contributed by atoms with E-state index in [1.54, 1.807) is 0 Å². The molecule has 15 heavy (non-hydrogen) atoms. The van der Waals surface area contributed by atoms with Crippen molar-refractivity contribution in [1.82, 2.24) is 5.32 Å². The molecule has 1 atom stereocenters. The van der Waals surface area contributed by atoms with Crippen molar-refractivity contribution in [3.63, 3.8) is 0 Å². The van der Waals surface area contributed by atoms with Gasteiger partial charge >= 0.3 is 0 Å². The molecule has 0 aromatic heterocycles. The van der Waals surface area contributed by atoms with Gasteiger partial charge in [0.2, 0.25) is 0 Å². The molecule has 0 aliphatic carbocycles. The molecule has 0 amide bonds. The van der Waals surface area contributed by atoms with Gasteiger partial charge in [0.15, 0.2) is 0 Å². The molecule has 0 aliphatic rings. The average molecular weight is 210 g/mol. The maximum Gasteiger partial charge on any atom is 0.123 e. The fourth-order valence-corrected chi connectivity index (χ4v) is 1.34. The molecule has 0 saturated heterocycles. The maximum absolute atomic E-state index is 12.6. The Labute approximate surface area is 90.7 Å². The van der Waals surface area contributed by atoms with E-state index in [0.29, 0.717) is 0 Å². The van der Waals surface area contributed by atoms with Crippen molar-refractivity contribution in [1.29, 1.82) is 0 Å². The lowest BCUT2D eigenvalue weighted by atomic mass is 10.1. The number of hydrogen-bond acceptors (Lipinski definition) is 2.